The Balaban J connectivity index is 1.48. The Hall–Kier alpha value is -2.18. The molecule has 4 rings (SSSR count). The number of likely N-dealkylation sites (tertiary alicyclic amines) is 1. The molecule has 2 fully saturated rings. The highest BCUT2D eigenvalue weighted by molar-refractivity contribution is 6.32. The van der Waals surface area contributed by atoms with Crippen molar-refractivity contribution in [1.82, 2.24) is 24.6 Å². The lowest BCUT2D eigenvalue weighted by atomic mass is 10.0. The third-order valence-electron chi connectivity index (χ3n) is 5.30. The third kappa shape index (κ3) is 4.03. The molecule has 0 radical (unpaired) electrons. The van der Waals surface area contributed by atoms with E-state index in [-0.39, 0.29) is 35.2 Å². The Labute approximate surface area is 174 Å². The monoisotopic (exact) mass is 449 g/mol. The van der Waals surface area contributed by atoms with Crippen molar-refractivity contribution in [1.29, 1.82) is 0 Å². The molecule has 8 nitrogen and oxygen atoms in total. The predicted molar refractivity (Wildman–Crippen MR) is 102 cm³/mol. The van der Waals surface area contributed by atoms with Crippen LogP contribution in [0.5, 0.6) is 0 Å². The van der Waals surface area contributed by atoms with Gasteiger partial charge >= 0.3 is 6.18 Å². The van der Waals surface area contributed by atoms with Crippen molar-refractivity contribution >= 4 is 29.1 Å². The van der Waals surface area contributed by atoms with Crippen molar-refractivity contribution in [2.45, 2.75) is 30.9 Å². The number of ether oxygens (including phenoxy) is 1. The van der Waals surface area contributed by atoms with Gasteiger partial charge < -0.3 is 15.4 Å². The van der Waals surface area contributed by atoms with Crippen molar-refractivity contribution in [3.8, 4) is 0 Å². The van der Waals surface area contributed by atoms with E-state index in [1.54, 1.807) is 0 Å². The van der Waals surface area contributed by atoms with E-state index in [2.05, 4.69) is 30.6 Å². The Bertz CT molecular complexity index is 905. The molecule has 2 atom stereocenters. The fourth-order valence-corrected chi connectivity index (χ4v) is 3.85. The smallest absolute Gasteiger partial charge is 0.378 e. The summed E-state index contributed by atoms with van der Waals surface area (Å²) in [7, 11) is 1.33. The zero-order valence-corrected chi connectivity index (χ0v) is 16.7. The van der Waals surface area contributed by atoms with Crippen molar-refractivity contribution in [3.63, 3.8) is 0 Å². The summed E-state index contributed by atoms with van der Waals surface area (Å²) in [5, 5.41) is 9.47. The summed E-state index contributed by atoms with van der Waals surface area (Å²) in [6.45, 7) is 2.21. The minimum atomic E-state index is -4.59. The van der Waals surface area contributed by atoms with Crippen LogP contribution in [0.2, 0.25) is 5.15 Å². The summed E-state index contributed by atoms with van der Waals surface area (Å²) in [5.74, 6) is -0.468. The lowest BCUT2D eigenvalue weighted by molar-refractivity contribution is -0.137. The lowest BCUT2D eigenvalue weighted by Gasteiger charge is -2.42. The van der Waals surface area contributed by atoms with Crippen molar-refractivity contribution in [2.75, 3.05) is 44.0 Å². The summed E-state index contributed by atoms with van der Waals surface area (Å²) in [6.07, 6.45) is -3.17. The van der Waals surface area contributed by atoms with E-state index in [0.717, 1.165) is 0 Å². The molecule has 13 heteroatoms. The molecular weight excluding hydrogens is 430 g/mol. The Kier molecular flexibility index (Phi) is 5.73. The number of aromatic nitrogens is 4. The van der Waals surface area contributed by atoms with Gasteiger partial charge in [0.25, 0.3) is 0 Å². The summed E-state index contributed by atoms with van der Waals surface area (Å²) in [6, 6.07) is -0.278. The second-order valence-corrected chi connectivity index (χ2v) is 7.54. The average molecular weight is 450 g/mol. The van der Waals surface area contributed by atoms with Crippen LogP contribution in [0, 0.1) is 0 Å². The number of nitrogens with one attached hydrogen (secondary N) is 2. The molecule has 0 bridgehead atoms. The van der Waals surface area contributed by atoms with E-state index in [0.29, 0.717) is 32.4 Å². The molecule has 0 aliphatic carbocycles. The van der Waals surface area contributed by atoms with Crippen LogP contribution in [0.25, 0.3) is 0 Å². The van der Waals surface area contributed by atoms with Gasteiger partial charge in [-0.1, -0.05) is 11.6 Å². The molecule has 2 aliphatic heterocycles. The highest BCUT2D eigenvalue weighted by Crippen LogP contribution is 2.36. The fraction of sp³-hybridized carbons (Fsp3) is 0.588. The molecular formula is C17H20ClF4N7O. The van der Waals surface area contributed by atoms with Gasteiger partial charge in [-0.15, -0.1) is 0 Å². The van der Waals surface area contributed by atoms with Gasteiger partial charge in [0.15, 0.2) is 5.15 Å². The number of anilines is 3. The van der Waals surface area contributed by atoms with E-state index in [4.69, 9.17) is 16.3 Å². The minimum absolute atomic E-state index is 0.0922. The van der Waals surface area contributed by atoms with E-state index in [9.17, 15) is 17.6 Å². The zero-order chi connectivity index (χ0) is 21.5. The molecule has 30 heavy (non-hydrogen) atoms. The third-order valence-corrected chi connectivity index (χ3v) is 5.68. The van der Waals surface area contributed by atoms with Crippen LogP contribution >= 0.6 is 11.6 Å². The Morgan fingerprint density at radius 3 is 2.63 bits per heavy atom. The number of nitrogens with zero attached hydrogens (tertiary/aromatic N) is 5. The van der Waals surface area contributed by atoms with Crippen molar-refractivity contribution < 1.29 is 22.3 Å². The van der Waals surface area contributed by atoms with Crippen LogP contribution in [-0.2, 0) is 10.9 Å². The van der Waals surface area contributed by atoms with Crippen LogP contribution in [0.1, 0.15) is 18.0 Å². The molecule has 2 saturated heterocycles. The van der Waals surface area contributed by atoms with Crippen molar-refractivity contribution in [3.05, 3.63) is 23.1 Å². The maximum absolute atomic E-state index is 14.8. The first kappa shape index (κ1) is 21.1. The van der Waals surface area contributed by atoms with Crippen LogP contribution < -0.4 is 10.6 Å². The van der Waals surface area contributed by atoms with E-state index < -0.39 is 24.0 Å². The fourth-order valence-electron chi connectivity index (χ4n) is 3.58. The first-order valence-electron chi connectivity index (χ1n) is 9.35. The standard InChI is InChI=1S/C17H20ClF4N7O/c1-23-15-10(17(20,21)22)4-24-16(27-15)26-12-5-25-29(14(12)18)13-2-3-28(6-11(13)19)9-7-30-8-9/h4-5,9,11,13H,2-3,6-8H2,1H3,(H2,23,24,26,27). The molecule has 2 N–H and O–H groups in total. The topological polar surface area (TPSA) is 80.1 Å². The van der Waals surface area contributed by atoms with Gasteiger partial charge in [-0.3, -0.25) is 4.90 Å². The number of hydrogen-bond acceptors (Lipinski definition) is 7. The van der Waals surface area contributed by atoms with Gasteiger partial charge in [-0.25, -0.2) is 14.1 Å². The van der Waals surface area contributed by atoms with Gasteiger partial charge in [0.1, 0.15) is 17.6 Å². The van der Waals surface area contributed by atoms with E-state index in [1.165, 1.54) is 17.9 Å². The van der Waals surface area contributed by atoms with Gasteiger partial charge in [0.05, 0.1) is 37.2 Å². The van der Waals surface area contributed by atoms with Crippen LogP contribution in [0.15, 0.2) is 12.4 Å². The highest BCUT2D eigenvalue weighted by Gasteiger charge is 2.38. The van der Waals surface area contributed by atoms with Crippen LogP contribution in [0.4, 0.5) is 35.0 Å². The second kappa shape index (κ2) is 8.16. The van der Waals surface area contributed by atoms with Crippen molar-refractivity contribution in [2.24, 2.45) is 0 Å². The van der Waals surface area contributed by atoms with Gasteiger partial charge in [-0.05, 0) is 6.42 Å². The average Bonchev–Trinajstić information content (AvgIpc) is 3.00. The number of halogens is 5. The van der Waals surface area contributed by atoms with Gasteiger partial charge in [0, 0.05) is 26.3 Å². The molecule has 0 amide bonds. The van der Waals surface area contributed by atoms with Crippen LogP contribution in [-0.4, -0.2) is 70.2 Å². The maximum Gasteiger partial charge on any atom is 0.421 e. The molecule has 0 spiro atoms. The molecule has 0 aromatic carbocycles. The zero-order valence-electron chi connectivity index (χ0n) is 16.0. The number of hydrogen-bond donors (Lipinski definition) is 2. The SMILES string of the molecule is CNc1nc(Nc2cnn(C3CCN(C4COC4)CC3F)c2Cl)ncc1C(F)(F)F. The van der Waals surface area contributed by atoms with E-state index in [1.807, 2.05) is 0 Å². The van der Waals surface area contributed by atoms with Crippen LogP contribution in [0.3, 0.4) is 0 Å². The van der Waals surface area contributed by atoms with Gasteiger partial charge in [-0.2, -0.15) is 23.3 Å². The molecule has 2 aromatic heterocycles. The Morgan fingerprint density at radius 2 is 2.03 bits per heavy atom. The first-order chi connectivity index (χ1) is 14.3. The molecule has 2 aromatic rings. The number of rotatable bonds is 5. The lowest BCUT2D eigenvalue weighted by Crippen LogP contribution is -2.55. The first-order valence-corrected chi connectivity index (χ1v) is 9.73. The predicted octanol–water partition coefficient (Wildman–Crippen LogP) is 3.11. The number of piperidine rings is 1. The minimum Gasteiger partial charge on any atom is -0.378 e. The molecule has 2 unspecified atom stereocenters. The van der Waals surface area contributed by atoms with Gasteiger partial charge in [0.2, 0.25) is 5.95 Å². The Morgan fingerprint density at radius 1 is 1.27 bits per heavy atom. The quantitative estimate of drug-likeness (QED) is 0.679. The molecule has 4 heterocycles. The maximum atomic E-state index is 14.8. The second-order valence-electron chi connectivity index (χ2n) is 7.18. The summed E-state index contributed by atoms with van der Waals surface area (Å²) < 4.78 is 60.3. The summed E-state index contributed by atoms with van der Waals surface area (Å²) in [5.41, 5.74) is -0.707. The van der Waals surface area contributed by atoms with E-state index >= 15 is 0 Å². The molecule has 0 saturated carbocycles. The summed E-state index contributed by atoms with van der Waals surface area (Å²) >= 11 is 6.37. The number of alkyl halides is 4. The highest BCUT2D eigenvalue weighted by atomic mass is 35.5. The normalized spacial score (nSPS) is 23.3. The summed E-state index contributed by atoms with van der Waals surface area (Å²) in [4.78, 5) is 9.60. The molecule has 2 aliphatic rings. The molecule has 164 valence electrons. The largest absolute Gasteiger partial charge is 0.421 e.